The predicted molar refractivity (Wildman–Crippen MR) is 81.0 cm³/mol. The van der Waals surface area contributed by atoms with Gasteiger partial charge in [-0.3, -0.25) is 9.48 Å². The van der Waals surface area contributed by atoms with E-state index in [4.69, 9.17) is 0 Å². The number of aromatic nitrogens is 2. The molecule has 110 valence electrons. The summed E-state index contributed by atoms with van der Waals surface area (Å²) in [6, 6.07) is 2.07. The molecule has 20 heavy (non-hydrogen) atoms. The van der Waals surface area contributed by atoms with Crippen molar-refractivity contribution in [3.8, 4) is 0 Å². The van der Waals surface area contributed by atoms with Crippen LogP contribution in [-0.2, 0) is 11.3 Å². The Morgan fingerprint density at radius 1 is 1.45 bits per heavy atom. The van der Waals surface area contributed by atoms with Crippen LogP contribution in [0.15, 0.2) is 12.3 Å². The molecule has 0 spiro atoms. The van der Waals surface area contributed by atoms with E-state index < -0.39 is 0 Å². The fraction of sp³-hybridized carbons (Fsp3) is 0.714. The molecular formula is C14H22N4OS. The van der Waals surface area contributed by atoms with Gasteiger partial charge in [0.1, 0.15) is 6.54 Å². The number of carbonyl (C=O) groups is 1. The van der Waals surface area contributed by atoms with Gasteiger partial charge >= 0.3 is 0 Å². The summed E-state index contributed by atoms with van der Waals surface area (Å²) < 4.78 is 1.90. The smallest absolute Gasteiger partial charge is 0.244 e. The van der Waals surface area contributed by atoms with Crippen LogP contribution < -0.4 is 5.32 Å². The largest absolute Gasteiger partial charge is 0.339 e. The lowest BCUT2D eigenvalue weighted by molar-refractivity contribution is -0.131. The molecule has 2 fully saturated rings. The van der Waals surface area contributed by atoms with Gasteiger partial charge in [-0.2, -0.15) is 16.9 Å². The lowest BCUT2D eigenvalue weighted by Crippen LogP contribution is -2.40. The van der Waals surface area contributed by atoms with Crippen LogP contribution in [0.5, 0.6) is 0 Å². The van der Waals surface area contributed by atoms with E-state index >= 15 is 0 Å². The number of thioether (sulfide) groups is 1. The Labute approximate surface area is 124 Å². The summed E-state index contributed by atoms with van der Waals surface area (Å²) in [5, 5.41) is 7.79. The van der Waals surface area contributed by atoms with Gasteiger partial charge in [-0.1, -0.05) is 0 Å². The zero-order chi connectivity index (χ0) is 13.8. The van der Waals surface area contributed by atoms with Gasteiger partial charge in [-0.05, 0) is 25.5 Å². The Balaban J connectivity index is 1.65. The number of nitrogens with one attached hydrogen (secondary N) is 1. The Kier molecular flexibility index (Phi) is 4.62. The third-order valence-corrected chi connectivity index (χ3v) is 5.06. The zero-order valence-electron chi connectivity index (χ0n) is 11.8. The summed E-state index contributed by atoms with van der Waals surface area (Å²) in [6.07, 6.45) is 4.21. The normalized spacial score (nSPS) is 23.8. The zero-order valence-corrected chi connectivity index (χ0v) is 12.6. The van der Waals surface area contributed by atoms with Crippen molar-refractivity contribution in [3.05, 3.63) is 18.0 Å². The van der Waals surface area contributed by atoms with Crippen molar-refractivity contribution in [1.29, 1.82) is 0 Å². The van der Waals surface area contributed by atoms with Crippen LogP contribution in [0.1, 0.15) is 24.5 Å². The predicted octanol–water partition coefficient (Wildman–Crippen LogP) is 0.926. The average molecular weight is 294 g/mol. The van der Waals surface area contributed by atoms with Crippen LogP contribution in [0, 0.1) is 0 Å². The second kappa shape index (κ2) is 6.63. The lowest BCUT2D eigenvalue weighted by Gasteiger charge is -2.27. The molecule has 0 aliphatic carbocycles. The molecule has 0 saturated carbocycles. The van der Waals surface area contributed by atoms with E-state index in [1.807, 2.05) is 27.5 Å². The Bertz CT molecular complexity index is 450. The van der Waals surface area contributed by atoms with Crippen molar-refractivity contribution < 1.29 is 4.79 Å². The quantitative estimate of drug-likeness (QED) is 0.901. The van der Waals surface area contributed by atoms with Gasteiger partial charge < -0.3 is 10.2 Å². The van der Waals surface area contributed by atoms with Gasteiger partial charge in [0.25, 0.3) is 0 Å². The standard InChI is InChI=1S/C14H22N4OS/c19-14(17-6-8-20-9-7-17)11-18-13(3-5-16-18)12-2-1-4-15-10-12/h3,5,12,15H,1-2,4,6-11H2. The Hall–Kier alpha value is -1.01. The van der Waals surface area contributed by atoms with Crippen LogP contribution in [0.3, 0.4) is 0 Å². The number of rotatable bonds is 3. The highest BCUT2D eigenvalue weighted by Gasteiger charge is 2.22. The van der Waals surface area contributed by atoms with Crippen LogP contribution in [0.2, 0.25) is 0 Å². The molecule has 0 aromatic carbocycles. The third-order valence-electron chi connectivity index (χ3n) is 4.11. The SMILES string of the molecule is O=C(Cn1nccc1C1CCCNC1)N1CCSCC1. The molecule has 2 aliphatic heterocycles. The number of hydrogen-bond donors (Lipinski definition) is 1. The topological polar surface area (TPSA) is 50.2 Å². The van der Waals surface area contributed by atoms with Gasteiger partial charge in [0, 0.05) is 48.9 Å². The van der Waals surface area contributed by atoms with Gasteiger partial charge in [-0.15, -0.1) is 0 Å². The minimum Gasteiger partial charge on any atom is -0.339 e. The minimum absolute atomic E-state index is 0.207. The number of amides is 1. The summed E-state index contributed by atoms with van der Waals surface area (Å²) in [6.45, 7) is 4.26. The van der Waals surface area contributed by atoms with Crippen molar-refractivity contribution in [2.75, 3.05) is 37.7 Å². The van der Waals surface area contributed by atoms with Crippen LogP contribution in [0.25, 0.3) is 0 Å². The summed E-state index contributed by atoms with van der Waals surface area (Å²) in [5.41, 5.74) is 1.21. The van der Waals surface area contributed by atoms with Crippen molar-refractivity contribution in [3.63, 3.8) is 0 Å². The van der Waals surface area contributed by atoms with Gasteiger partial charge in [-0.25, -0.2) is 0 Å². The van der Waals surface area contributed by atoms with Gasteiger partial charge in [0.2, 0.25) is 5.91 Å². The maximum absolute atomic E-state index is 12.3. The monoisotopic (exact) mass is 294 g/mol. The molecule has 0 radical (unpaired) electrons. The first-order valence-electron chi connectivity index (χ1n) is 7.42. The van der Waals surface area contributed by atoms with Crippen molar-refractivity contribution in [1.82, 2.24) is 20.0 Å². The molecule has 1 amide bonds. The summed E-state index contributed by atoms with van der Waals surface area (Å²) in [4.78, 5) is 14.3. The first-order chi connectivity index (χ1) is 9.84. The molecule has 0 bridgehead atoms. The third kappa shape index (κ3) is 3.17. The number of nitrogens with zero attached hydrogens (tertiary/aromatic N) is 3. The van der Waals surface area contributed by atoms with E-state index in [0.29, 0.717) is 12.5 Å². The number of carbonyl (C=O) groups excluding carboxylic acids is 1. The Morgan fingerprint density at radius 2 is 2.30 bits per heavy atom. The fourth-order valence-electron chi connectivity index (χ4n) is 2.97. The van der Waals surface area contributed by atoms with Gasteiger partial charge in [0.05, 0.1) is 0 Å². The van der Waals surface area contributed by atoms with E-state index in [0.717, 1.165) is 37.7 Å². The second-order valence-corrected chi connectivity index (χ2v) is 6.67. The van der Waals surface area contributed by atoms with Gasteiger partial charge in [0.15, 0.2) is 0 Å². The lowest BCUT2D eigenvalue weighted by atomic mass is 9.96. The molecule has 3 heterocycles. The first-order valence-corrected chi connectivity index (χ1v) is 8.58. The molecule has 1 atom stereocenters. The van der Waals surface area contributed by atoms with Crippen molar-refractivity contribution in [2.45, 2.75) is 25.3 Å². The maximum Gasteiger partial charge on any atom is 0.244 e. The fourth-order valence-corrected chi connectivity index (χ4v) is 3.87. The van der Waals surface area contributed by atoms with E-state index in [2.05, 4.69) is 16.5 Å². The number of piperidine rings is 1. The molecule has 1 aromatic rings. The van der Waals surface area contributed by atoms with E-state index in [9.17, 15) is 4.79 Å². The highest BCUT2D eigenvalue weighted by molar-refractivity contribution is 7.99. The minimum atomic E-state index is 0.207. The van der Waals surface area contributed by atoms with Crippen molar-refractivity contribution in [2.24, 2.45) is 0 Å². The molecular weight excluding hydrogens is 272 g/mol. The van der Waals surface area contributed by atoms with E-state index in [1.165, 1.54) is 18.5 Å². The van der Waals surface area contributed by atoms with Crippen LogP contribution >= 0.6 is 11.8 Å². The second-order valence-electron chi connectivity index (χ2n) is 5.45. The first kappa shape index (κ1) is 13.9. The Morgan fingerprint density at radius 3 is 3.05 bits per heavy atom. The molecule has 1 N–H and O–H groups in total. The molecule has 1 unspecified atom stereocenters. The molecule has 5 nitrogen and oxygen atoms in total. The summed E-state index contributed by atoms with van der Waals surface area (Å²) in [7, 11) is 0. The number of hydrogen-bond acceptors (Lipinski definition) is 4. The molecule has 2 aliphatic rings. The van der Waals surface area contributed by atoms with E-state index in [1.54, 1.807) is 0 Å². The summed E-state index contributed by atoms with van der Waals surface area (Å²) >= 11 is 1.93. The van der Waals surface area contributed by atoms with Crippen LogP contribution in [-0.4, -0.2) is 58.3 Å². The summed E-state index contributed by atoms with van der Waals surface area (Å²) in [5.74, 6) is 2.82. The molecule has 3 rings (SSSR count). The van der Waals surface area contributed by atoms with Crippen molar-refractivity contribution >= 4 is 17.7 Å². The van der Waals surface area contributed by atoms with Crippen LogP contribution in [0.4, 0.5) is 0 Å². The highest BCUT2D eigenvalue weighted by Crippen LogP contribution is 2.23. The molecule has 2 saturated heterocycles. The average Bonchev–Trinajstić information content (AvgIpc) is 2.97. The highest BCUT2D eigenvalue weighted by atomic mass is 32.2. The maximum atomic E-state index is 12.3. The van der Waals surface area contributed by atoms with E-state index in [-0.39, 0.29) is 5.91 Å². The molecule has 6 heteroatoms. The molecule has 1 aromatic heterocycles.